The SMILES string of the molecule is Cc1cccc(CN2C(=O)O[C@H](c3ccc(NC(=O)c4cccs4)cc3)[C@H]2C(=O)NCCc2ccccn2)c1. The van der Waals surface area contributed by atoms with Crippen LogP contribution in [0.15, 0.2) is 90.4 Å². The zero-order valence-electron chi connectivity index (χ0n) is 21.4. The van der Waals surface area contributed by atoms with Crippen molar-refractivity contribution in [3.05, 3.63) is 118 Å². The van der Waals surface area contributed by atoms with Gasteiger partial charge in [0, 0.05) is 30.5 Å². The summed E-state index contributed by atoms with van der Waals surface area (Å²) in [6.07, 6.45) is 0.919. The first-order chi connectivity index (χ1) is 19.0. The molecule has 4 aromatic rings. The van der Waals surface area contributed by atoms with Crippen molar-refractivity contribution in [2.75, 3.05) is 11.9 Å². The average Bonchev–Trinajstić information content (AvgIpc) is 3.59. The molecule has 2 atom stereocenters. The Hall–Kier alpha value is -4.50. The van der Waals surface area contributed by atoms with E-state index in [0.29, 0.717) is 29.1 Å². The molecule has 198 valence electrons. The predicted molar refractivity (Wildman–Crippen MR) is 149 cm³/mol. The lowest BCUT2D eigenvalue weighted by Gasteiger charge is -2.24. The zero-order valence-corrected chi connectivity index (χ0v) is 22.2. The smallest absolute Gasteiger partial charge is 0.411 e. The second kappa shape index (κ2) is 11.9. The highest BCUT2D eigenvalue weighted by Crippen LogP contribution is 2.34. The van der Waals surface area contributed by atoms with E-state index in [1.807, 2.05) is 60.8 Å². The molecule has 3 heterocycles. The van der Waals surface area contributed by atoms with Gasteiger partial charge in [-0.1, -0.05) is 54.1 Å². The van der Waals surface area contributed by atoms with E-state index >= 15 is 0 Å². The summed E-state index contributed by atoms with van der Waals surface area (Å²) in [6, 6.07) is 23.2. The summed E-state index contributed by atoms with van der Waals surface area (Å²) in [5.74, 6) is -0.496. The molecule has 1 saturated heterocycles. The first-order valence-electron chi connectivity index (χ1n) is 12.6. The number of benzene rings is 2. The predicted octanol–water partition coefficient (Wildman–Crippen LogP) is 5.12. The third-order valence-corrected chi connectivity index (χ3v) is 7.31. The molecule has 2 aromatic carbocycles. The maximum absolute atomic E-state index is 13.5. The first kappa shape index (κ1) is 26.1. The lowest BCUT2D eigenvalue weighted by atomic mass is 10.00. The molecule has 3 amide bonds. The molecule has 5 rings (SSSR count). The van der Waals surface area contributed by atoms with Crippen molar-refractivity contribution < 1.29 is 19.1 Å². The van der Waals surface area contributed by atoms with Crippen LogP contribution in [-0.4, -0.2) is 40.4 Å². The van der Waals surface area contributed by atoms with Crippen LogP contribution in [-0.2, 0) is 22.5 Å². The molecule has 2 N–H and O–H groups in total. The fourth-order valence-corrected chi connectivity index (χ4v) is 5.16. The van der Waals surface area contributed by atoms with Crippen molar-refractivity contribution in [1.29, 1.82) is 0 Å². The van der Waals surface area contributed by atoms with E-state index in [9.17, 15) is 14.4 Å². The van der Waals surface area contributed by atoms with E-state index in [2.05, 4.69) is 15.6 Å². The number of aromatic nitrogens is 1. The standard InChI is InChI=1S/C30H28N4O4S/c1-20-6-4-7-21(18-20)19-34-26(29(36)32-16-14-23-8-2-3-15-31-23)27(38-30(34)37)22-10-12-24(13-11-22)33-28(35)25-9-5-17-39-25/h2-13,15,17-18,26-27H,14,16,19H2,1H3,(H,32,36)(H,33,35)/t26-,27+/m0/s1. The summed E-state index contributed by atoms with van der Waals surface area (Å²) >= 11 is 1.36. The number of anilines is 1. The fraction of sp³-hybridized carbons (Fsp3) is 0.200. The van der Waals surface area contributed by atoms with Gasteiger partial charge in [0.2, 0.25) is 5.91 Å². The molecule has 0 saturated carbocycles. The molecule has 0 unspecified atom stereocenters. The number of cyclic esters (lactones) is 1. The minimum Gasteiger partial charge on any atom is -0.438 e. The molecule has 0 bridgehead atoms. The summed E-state index contributed by atoms with van der Waals surface area (Å²) in [5.41, 5.74) is 4.10. The molecule has 8 nitrogen and oxygen atoms in total. The Bertz CT molecular complexity index is 1440. The quantitative estimate of drug-likeness (QED) is 0.307. The van der Waals surface area contributed by atoms with Crippen molar-refractivity contribution in [3.63, 3.8) is 0 Å². The van der Waals surface area contributed by atoms with Crippen LogP contribution in [0.3, 0.4) is 0 Å². The lowest BCUT2D eigenvalue weighted by Crippen LogP contribution is -2.46. The van der Waals surface area contributed by atoms with E-state index in [-0.39, 0.29) is 18.4 Å². The molecular formula is C30H28N4O4S. The number of hydrogen-bond acceptors (Lipinski definition) is 6. The number of nitrogens with one attached hydrogen (secondary N) is 2. The van der Waals surface area contributed by atoms with Gasteiger partial charge in [0.15, 0.2) is 12.1 Å². The van der Waals surface area contributed by atoms with Crippen LogP contribution in [0.5, 0.6) is 0 Å². The van der Waals surface area contributed by atoms with E-state index in [1.165, 1.54) is 16.2 Å². The van der Waals surface area contributed by atoms with Crippen molar-refractivity contribution >= 4 is 34.9 Å². The minimum absolute atomic E-state index is 0.195. The van der Waals surface area contributed by atoms with Crippen LogP contribution in [0.4, 0.5) is 10.5 Å². The van der Waals surface area contributed by atoms with E-state index in [0.717, 1.165) is 16.8 Å². The van der Waals surface area contributed by atoms with Gasteiger partial charge in [0.1, 0.15) is 0 Å². The van der Waals surface area contributed by atoms with E-state index < -0.39 is 18.2 Å². The molecule has 1 aliphatic rings. The summed E-state index contributed by atoms with van der Waals surface area (Å²) in [5, 5.41) is 7.67. The zero-order chi connectivity index (χ0) is 27.2. The monoisotopic (exact) mass is 540 g/mol. The number of carbonyl (C=O) groups excluding carboxylic acids is 3. The lowest BCUT2D eigenvalue weighted by molar-refractivity contribution is -0.126. The van der Waals surface area contributed by atoms with Crippen molar-refractivity contribution in [2.24, 2.45) is 0 Å². The maximum Gasteiger partial charge on any atom is 0.411 e. The summed E-state index contributed by atoms with van der Waals surface area (Å²) < 4.78 is 5.77. The van der Waals surface area contributed by atoms with Gasteiger partial charge in [-0.15, -0.1) is 11.3 Å². The Morgan fingerprint density at radius 1 is 1.03 bits per heavy atom. The number of hydrogen-bond donors (Lipinski definition) is 2. The first-order valence-corrected chi connectivity index (χ1v) is 13.5. The third-order valence-electron chi connectivity index (χ3n) is 6.44. The van der Waals surface area contributed by atoms with Gasteiger partial charge in [-0.3, -0.25) is 19.5 Å². The number of nitrogens with zero attached hydrogens (tertiary/aromatic N) is 2. The Balaban J connectivity index is 1.34. The number of carbonyl (C=O) groups is 3. The number of amides is 3. The van der Waals surface area contributed by atoms with Gasteiger partial charge >= 0.3 is 6.09 Å². The number of pyridine rings is 1. The largest absolute Gasteiger partial charge is 0.438 e. The molecule has 1 fully saturated rings. The van der Waals surface area contributed by atoms with Gasteiger partial charge in [-0.25, -0.2) is 4.79 Å². The molecule has 9 heteroatoms. The summed E-state index contributed by atoms with van der Waals surface area (Å²) in [6.45, 7) is 2.60. The van der Waals surface area contributed by atoms with Crippen LogP contribution >= 0.6 is 11.3 Å². The topological polar surface area (TPSA) is 101 Å². The molecule has 1 aliphatic heterocycles. The number of aryl methyl sites for hydroxylation is 1. The Labute approximate surface area is 230 Å². The highest BCUT2D eigenvalue weighted by Gasteiger charge is 2.46. The molecule has 2 aromatic heterocycles. The summed E-state index contributed by atoms with van der Waals surface area (Å²) in [7, 11) is 0. The number of ether oxygens (including phenoxy) is 1. The highest BCUT2D eigenvalue weighted by atomic mass is 32.1. The van der Waals surface area contributed by atoms with Crippen molar-refractivity contribution in [1.82, 2.24) is 15.2 Å². The minimum atomic E-state index is -0.867. The normalized spacial score (nSPS) is 16.5. The number of thiophene rings is 1. The number of rotatable bonds is 9. The van der Waals surface area contributed by atoms with Gasteiger partial charge < -0.3 is 15.4 Å². The van der Waals surface area contributed by atoms with Gasteiger partial charge in [-0.05, 0) is 53.8 Å². The van der Waals surface area contributed by atoms with Crippen molar-refractivity contribution in [3.8, 4) is 0 Å². The van der Waals surface area contributed by atoms with Crippen LogP contribution in [0, 0.1) is 6.92 Å². The van der Waals surface area contributed by atoms with E-state index in [1.54, 1.807) is 36.5 Å². The Morgan fingerprint density at radius 3 is 2.59 bits per heavy atom. The van der Waals surface area contributed by atoms with Crippen LogP contribution in [0.25, 0.3) is 0 Å². The van der Waals surface area contributed by atoms with Crippen LogP contribution in [0.2, 0.25) is 0 Å². The molecular weight excluding hydrogens is 512 g/mol. The van der Waals surface area contributed by atoms with Gasteiger partial charge in [0.05, 0.1) is 11.4 Å². The van der Waals surface area contributed by atoms with Gasteiger partial charge in [-0.2, -0.15) is 0 Å². The molecule has 0 radical (unpaired) electrons. The Morgan fingerprint density at radius 2 is 1.87 bits per heavy atom. The van der Waals surface area contributed by atoms with Crippen LogP contribution in [0.1, 0.15) is 38.2 Å². The van der Waals surface area contributed by atoms with Crippen LogP contribution < -0.4 is 10.6 Å². The fourth-order valence-electron chi connectivity index (χ4n) is 4.54. The second-order valence-corrected chi connectivity index (χ2v) is 10.2. The van der Waals surface area contributed by atoms with Gasteiger partial charge in [0.25, 0.3) is 5.91 Å². The third kappa shape index (κ3) is 6.32. The molecule has 0 aliphatic carbocycles. The van der Waals surface area contributed by atoms with Crippen molar-refractivity contribution in [2.45, 2.75) is 32.0 Å². The average molecular weight is 541 g/mol. The molecule has 0 spiro atoms. The molecule has 39 heavy (non-hydrogen) atoms. The van der Waals surface area contributed by atoms with E-state index in [4.69, 9.17) is 4.74 Å². The Kier molecular flexibility index (Phi) is 7.98. The maximum atomic E-state index is 13.5. The highest BCUT2D eigenvalue weighted by molar-refractivity contribution is 7.12. The summed E-state index contributed by atoms with van der Waals surface area (Å²) in [4.78, 5) is 45.4. The second-order valence-electron chi connectivity index (χ2n) is 9.28.